The van der Waals surface area contributed by atoms with Crippen LogP contribution in [0.3, 0.4) is 0 Å². The van der Waals surface area contributed by atoms with Gasteiger partial charge in [-0.05, 0) is 38.6 Å². The first-order chi connectivity index (χ1) is 9.21. The quantitative estimate of drug-likeness (QED) is 0.844. The van der Waals surface area contributed by atoms with Crippen molar-refractivity contribution in [1.29, 1.82) is 0 Å². The topological polar surface area (TPSA) is 32.5 Å². The molecule has 2 heterocycles. The number of piperazine rings is 1. The molecule has 0 amide bonds. The minimum atomic E-state index is 0.259. The summed E-state index contributed by atoms with van der Waals surface area (Å²) in [5.74, 6) is 0.956. The molecule has 0 spiro atoms. The number of rotatable bonds is 4. The van der Waals surface area contributed by atoms with Gasteiger partial charge in [0.2, 0.25) is 0 Å². The van der Waals surface area contributed by atoms with Crippen molar-refractivity contribution in [3.05, 3.63) is 0 Å². The summed E-state index contributed by atoms with van der Waals surface area (Å²) in [4.78, 5) is 5.46. The smallest absolute Gasteiger partial charge is 0.0307 e. The highest BCUT2D eigenvalue weighted by Crippen LogP contribution is 2.37. The highest BCUT2D eigenvalue weighted by molar-refractivity contribution is 4.96. The van der Waals surface area contributed by atoms with E-state index in [1.165, 1.54) is 71.1 Å². The van der Waals surface area contributed by atoms with Crippen LogP contribution in [0.4, 0.5) is 0 Å². The van der Waals surface area contributed by atoms with Gasteiger partial charge in [0.05, 0.1) is 0 Å². The Hall–Kier alpha value is -0.120. The van der Waals surface area contributed by atoms with Crippen LogP contribution in [0.5, 0.6) is 0 Å². The van der Waals surface area contributed by atoms with Crippen molar-refractivity contribution < 1.29 is 0 Å². The van der Waals surface area contributed by atoms with Gasteiger partial charge in [0.1, 0.15) is 0 Å². The lowest BCUT2D eigenvalue weighted by Gasteiger charge is -2.52. The highest BCUT2D eigenvalue weighted by atomic mass is 15.3. The van der Waals surface area contributed by atoms with Gasteiger partial charge in [0, 0.05) is 37.8 Å². The third kappa shape index (κ3) is 2.84. The second-order valence-electron chi connectivity index (χ2n) is 7.33. The van der Waals surface area contributed by atoms with E-state index in [9.17, 15) is 0 Å². The molecule has 19 heavy (non-hydrogen) atoms. The van der Waals surface area contributed by atoms with Crippen LogP contribution < -0.4 is 5.73 Å². The Labute approximate surface area is 118 Å². The second-order valence-corrected chi connectivity index (χ2v) is 7.33. The summed E-state index contributed by atoms with van der Waals surface area (Å²) in [6.45, 7) is 8.35. The molecule has 0 aromatic rings. The number of hydrogen-bond donors (Lipinski definition) is 1. The van der Waals surface area contributed by atoms with Crippen LogP contribution in [0.15, 0.2) is 0 Å². The van der Waals surface area contributed by atoms with Crippen LogP contribution in [0.2, 0.25) is 0 Å². The first kappa shape index (κ1) is 13.8. The Morgan fingerprint density at radius 3 is 2.58 bits per heavy atom. The summed E-state index contributed by atoms with van der Waals surface area (Å²) in [6, 6.07) is 0.815. The van der Waals surface area contributed by atoms with Gasteiger partial charge in [-0.25, -0.2) is 0 Å². The summed E-state index contributed by atoms with van der Waals surface area (Å²) in [5, 5.41) is 0. The molecule has 2 N–H and O–H groups in total. The largest absolute Gasteiger partial charge is 0.329 e. The zero-order chi connectivity index (χ0) is 13.3. The summed E-state index contributed by atoms with van der Waals surface area (Å²) >= 11 is 0. The van der Waals surface area contributed by atoms with Crippen LogP contribution in [0, 0.1) is 5.92 Å². The molecule has 2 aliphatic heterocycles. The van der Waals surface area contributed by atoms with Crippen molar-refractivity contribution in [3.8, 4) is 0 Å². The molecule has 3 heteroatoms. The van der Waals surface area contributed by atoms with E-state index in [0.717, 1.165) is 18.5 Å². The van der Waals surface area contributed by atoms with Crippen LogP contribution in [-0.2, 0) is 0 Å². The van der Waals surface area contributed by atoms with Gasteiger partial charge in [-0.1, -0.05) is 25.7 Å². The molecular weight excluding hydrogens is 234 g/mol. The molecule has 3 rings (SSSR count). The van der Waals surface area contributed by atoms with Crippen LogP contribution in [0.1, 0.15) is 51.9 Å². The fraction of sp³-hybridized carbons (Fsp3) is 1.00. The van der Waals surface area contributed by atoms with Gasteiger partial charge < -0.3 is 5.73 Å². The third-order valence-corrected chi connectivity index (χ3v) is 5.99. The molecule has 3 nitrogen and oxygen atoms in total. The van der Waals surface area contributed by atoms with Gasteiger partial charge in [0.25, 0.3) is 0 Å². The Kier molecular flexibility index (Phi) is 4.16. The fourth-order valence-corrected chi connectivity index (χ4v) is 4.31. The van der Waals surface area contributed by atoms with E-state index in [1.54, 1.807) is 0 Å². The molecule has 0 aromatic heterocycles. The zero-order valence-electron chi connectivity index (χ0n) is 12.6. The molecule has 2 unspecified atom stereocenters. The number of nitrogens with zero attached hydrogens (tertiary/aromatic N) is 2. The molecule has 2 saturated heterocycles. The second kappa shape index (κ2) is 5.71. The summed E-state index contributed by atoms with van der Waals surface area (Å²) in [6.07, 6.45) is 9.90. The maximum absolute atomic E-state index is 6.18. The first-order valence-corrected chi connectivity index (χ1v) is 8.40. The molecule has 110 valence electrons. The highest BCUT2D eigenvalue weighted by Gasteiger charge is 2.39. The van der Waals surface area contributed by atoms with Crippen molar-refractivity contribution in [1.82, 2.24) is 9.80 Å². The Balaban J connectivity index is 1.62. The van der Waals surface area contributed by atoms with E-state index in [4.69, 9.17) is 5.73 Å². The zero-order valence-corrected chi connectivity index (χ0v) is 12.6. The molecule has 0 aromatic carbocycles. The van der Waals surface area contributed by atoms with Crippen LogP contribution in [0.25, 0.3) is 0 Å². The molecule has 3 aliphatic rings. The van der Waals surface area contributed by atoms with Gasteiger partial charge in [-0.15, -0.1) is 0 Å². The summed E-state index contributed by atoms with van der Waals surface area (Å²) in [5.41, 5.74) is 6.44. The number of fused-ring (bicyclic) bond motifs is 1. The van der Waals surface area contributed by atoms with Gasteiger partial charge in [-0.3, -0.25) is 9.80 Å². The lowest BCUT2D eigenvalue weighted by Crippen LogP contribution is -2.63. The van der Waals surface area contributed by atoms with Crippen LogP contribution >= 0.6 is 0 Å². The molecular formula is C16H31N3. The van der Waals surface area contributed by atoms with E-state index >= 15 is 0 Å². The maximum atomic E-state index is 6.18. The van der Waals surface area contributed by atoms with E-state index in [1.807, 2.05) is 0 Å². The molecule has 2 atom stereocenters. The molecule has 0 radical (unpaired) electrons. The average molecular weight is 265 g/mol. The Bertz CT molecular complexity index is 302. The number of piperidine rings is 1. The normalized spacial score (nSPS) is 33.5. The van der Waals surface area contributed by atoms with Crippen molar-refractivity contribution in [3.63, 3.8) is 0 Å². The van der Waals surface area contributed by atoms with E-state index in [0.29, 0.717) is 0 Å². The molecule has 1 saturated carbocycles. The first-order valence-electron chi connectivity index (χ1n) is 8.40. The SMILES string of the molecule is CC(CN)(CC1CCC1)N1CCN2CCCCC2C1. The molecule has 1 aliphatic carbocycles. The van der Waals surface area contributed by atoms with Crippen molar-refractivity contribution in [2.75, 3.05) is 32.7 Å². The van der Waals surface area contributed by atoms with Gasteiger partial charge >= 0.3 is 0 Å². The van der Waals surface area contributed by atoms with E-state index in [2.05, 4.69) is 16.7 Å². The van der Waals surface area contributed by atoms with Gasteiger partial charge in [0.15, 0.2) is 0 Å². The average Bonchev–Trinajstić information content (AvgIpc) is 2.42. The minimum Gasteiger partial charge on any atom is -0.329 e. The summed E-state index contributed by atoms with van der Waals surface area (Å²) < 4.78 is 0. The summed E-state index contributed by atoms with van der Waals surface area (Å²) in [7, 11) is 0. The predicted molar refractivity (Wildman–Crippen MR) is 80.2 cm³/mol. The maximum Gasteiger partial charge on any atom is 0.0307 e. The number of hydrogen-bond acceptors (Lipinski definition) is 3. The lowest BCUT2D eigenvalue weighted by molar-refractivity contribution is -0.0179. The Morgan fingerprint density at radius 1 is 1.05 bits per heavy atom. The van der Waals surface area contributed by atoms with Crippen LogP contribution in [-0.4, -0.2) is 54.1 Å². The fourth-order valence-electron chi connectivity index (χ4n) is 4.31. The van der Waals surface area contributed by atoms with E-state index < -0.39 is 0 Å². The van der Waals surface area contributed by atoms with E-state index in [-0.39, 0.29) is 5.54 Å². The van der Waals surface area contributed by atoms with Crippen molar-refractivity contribution >= 4 is 0 Å². The Morgan fingerprint density at radius 2 is 1.89 bits per heavy atom. The number of nitrogens with two attached hydrogens (primary N) is 1. The lowest BCUT2D eigenvalue weighted by atomic mass is 9.75. The standard InChI is InChI=1S/C16H31N3/c1-16(13-17,11-14-5-4-6-14)19-10-9-18-8-3-2-7-15(18)12-19/h14-15H,2-13,17H2,1H3. The van der Waals surface area contributed by atoms with Crippen molar-refractivity contribution in [2.45, 2.75) is 63.5 Å². The molecule has 0 bridgehead atoms. The molecule has 3 fully saturated rings. The third-order valence-electron chi connectivity index (χ3n) is 5.99. The van der Waals surface area contributed by atoms with Crippen molar-refractivity contribution in [2.24, 2.45) is 11.7 Å². The van der Waals surface area contributed by atoms with Gasteiger partial charge in [-0.2, -0.15) is 0 Å². The minimum absolute atomic E-state index is 0.259. The predicted octanol–water partition coefficient (Wildman–Crippen LogP) is 2.06. The monoisotopic (exact) mass is 265 g/mol.